The van der Waals surface area contributed by atoms with E-state index in [9.17, 15) is 90.9 Å². The Balaban J connectivity index is 2.69. The summed E-state index contributed by atoms with van der Waals surface area (Å²) in [5, 5.41) is 18.3. The van der Waals surface area contributed by atoms with E-state index in [0.29, 0.717) is 12.1 Å². The van der Waals surface area contributed by atoms with Crippen molar-refractivity contribution in [3.63, 3.8) is 0 Å². The van der Waals surface area contributed by atoms with Crippen LogP contribution in [0, 0.1) is 0 Å². The van der Waals surface area contributed by atoms with Gasteiger partial charge in [0.1, 0.15) is 0 Å². The number of hydrogen-bond donors (Lipinski definition) is 4. The maximum atomic E-state index is 13.7. The fourth-order valence-corrected chi connectivity index (χ4v) is 3.44. The van der Waals surface area contributed by atoms with Crippen LogP contribution in [0.4, 0.5) is 61.5 Å². The minimum Gasteiger partial charge on any atom is -0.478 e. The van der Waals surface area contributed by atoms with Gasteiger partial charge in [0.2, 0.25) is 0 Å². The predicted molar refractivity (Wildman–Crippen MR) is 114 cm³/mol. The number of carboxylic acid groups (broad SMARTS) is 2. The van der Waals surface area contributed by atoms with Crippen LogP contribution in [-0.4, -0.2) is 83.1 Å². The number of fused-ring (bicyclic) bond motifs is 1. The summed E-state index contributed by atoms with van der Waals surface area (Å²) >= 11 is 0. The molecular weight excluding hydrogens is 654 g/mol. The van der Waals surface area contributed by atoms with Crippen molar-refractivity contribution in [2.75, 3.05) is 13.1 Å². The lowest BCUT2D eigenvalue weighted by Crippen LogP contribution is -2.57. The molecule has 0 aliphatic heterocycles. The third-order valence-electron chi connectivity index (χ3n) is 5.68. The number of rotatable bonds is 10. The zero-order valence-corrected chi connectivity index (χ0v) is 20.5. The van der Waals surface area contributed by atoms with Crippen LogP contribution in [0.5, 0.6) is 0 Å². The van der Waals surface area contributed by atoms with Gasteiger partial charge in [-0.3, -0.25) is 9.59 Å². The highest BCUT2D eigenvalue weighted by atomic mass is 19.4. The molecule has 0 bridgehead atoms. The zero-order valence-electron chi connectivity index (χ0n) is 20.5. The number of nitrogens with one attached hydrogen (secondary N) is 2. The Morgan fingerprint density at radius 2 is 0.750 bits per heavy atom. The van der Waals surface area contributed by atoms with Crippen molar-refractivity contribution in [3.05, 3.63) is 46.5 Å². The van der Waals surface area contributed by atoms with E-state index in [4.69, 9.17) is 0 Å². The Hall–Kier alpha value is -4.40. The normalized spacial score (nSPS) is 13.5. The second-order valence-corrected chi connectivity index (χ2v) is 8.60. The number of carbonyl (C=O) groups excluding carboxylic acids is 2. The van der Waals surface area contributed by atoms with E-state index in [-0.39, 0.29) is 12.1 Å². The molecule has 0 saturated heterocycles. The molecule has 22 heteroatoms. The summed E-state index contributed by atoms with van der Waals surface area (Å²) < 4.78 is 182. The molecule has 4 N–H and O–H groups in total. The number of carboxylic acids is 2. The lowest BCUT2D eigenvalue weighted by atomic mass is 9.90. The highest BCUT2D eigenvalue weighted by Crippen LogP contribution is 2.47. The number of halogens is 14. The quantitative estimate of drug-likeness (QED) is 0.253. The molecule has 244 valence electrons. The summed E-state index contributed by atoms with van der Waals surface area (Å²) in [6, 6.07) is 1.31. The van der Waals surface area contributed by atoms with E-state index in [2.05, 4.69) is 0 Å². The van der Waals surface area contributed by atoms with Gasteiger partial charge >= 0.3 is 48.0 Å². The zero-order chi connectivity index (χ0) is 34.4. The molecule has 8 nitrogen and oxygen atoms in total. The molecule has 0 aliphatic carbocycles. The Kier molecular flexibility index (Phi) is 9.16. The standard InChI is InChI=1S/C22H12F14N2O6/c23-17(24,19(27,28)21(31,32)33)5-37-13(39)7-1-2-8(12-10(16(43)44)4-3-9(11(7)12)15(41)42)14(40)38-6-18(25,26)20(29,30)22(34,35)36/h1-4H,5-6H2,(H,37,39)(H,38,40)(H,41,42)(H,43,44). The highest BCUT2D eigenvalue weighted by molar-refractivity contribution is 6.23. The minimum atomic E-state index is -6.82. The van der Waals surface area contributed by atoms with E-state index in [1.807, 2.05) is 0 Å². The average molecular weight is 666 g/mol. The first-order valence-electron chi connectivity index (χ1n) is 10.9. The van der Waals surface area contributed by atoms with Gasteiger partial charge in [-0.2, -0.15) is 61.5 Å². The van der Waals surface area contributed by atoms with Gasteiger partial charge in [0.15, 0.2) is 0 Å². The van der Waals surface area contributed by atoms with E-state index in [0.717, 1.165) is 10.6 Å². The molecule has 0 fully saturated rings. The number of benzene rings is 2. The van der Waals surface area contributed by atoms with Crippen molar-refractivity contribution in [2.24, 2.45) is 0 Å². The second kappa shape index (κ2) is 11.3. The number of alkyl halides is 14. The average Bonchev–Trinajstić information content (AvgIpc) is 2.87. The molecule has 0 aliphatic rings. The molecule has 2 amide bonds. The first-order valence-corrected chi connectivity index (χ1v) is 10.9. The molecule has 0 radical (unpaired) electrons. The van der Waals surface area contributed by atoms with Crippen molar-refractivity contribution >= 4 is 34.5 Å². The predicted octanol–water partition coefficient (Wildman–Crippen LogP) is 5.36. The van der Waals surface area contributed by atoms with Crippen molar-refractivity contribution in [2.45, 2.75) is 36.0 Å². The molecule has 2 rings (SSSR count). The van der Waals surface area contributed by atoms with Crippen molar-refractivity contribution in [3.8, 4) is 0 Å². The van der Waals surface area contributed by atoms with Crippen LogP contribution in [0.3, 0.4) is 0 Å². The van der Waals surface area contributed by atoms with Gasteiger partial charge in [0, 0.05) is 21.9 Å². The topological polar surface area (TPSA) is 133 Å². The summed E-state index contributed by atoms with van der Waals surface area (Å²) in [6.07, 6.45) is -13.6. The lowest BCUT2D eigenvalue weighted by molar-refractivity contribution is -0.352. The lowest BCUT2D eigenvalue weighted by Gasteiger charge is -2.28. The van der Waals surface area contributed by atoms with Crippen LogP contribution < -0.4 is 10.6 Å². The van der Waals surface area contributed by atoms with Gasteiger partial charge in [-0.05, 0) is 24.3 Å². The summed E-state index contributed by atoms with van der Waals surface area (Å²) in [5.41, 5.74) is -4.94. The van der Waals surface area contributed by atoms with Gasteiger partial charge in [-0.25, -0.2) is 9.59 Å². The van der Waals surface area contributed by atoms with Crippen molar-refractivity contribution < 1.29 is 90.9 Å². The number of hydrogen-bond acceptors (Lipinski definition) is 4. The fourth-order valence-electron chi connectivity index (χ4n) is 3.44. The van der Waals surface area contributed by atoms with E-state index in [1.54, 1.807) is 0 Å². The highest BCUT2D eigenvalue weighted by Gasteiger charge is 2.73. The summed E-state index contributed by atoms with van der Waals surface area (Å²) in [4.78, 5) is 48.7. The molecule has 44 heavy (non-hydrogen) atoms. The van der Waals surface area contributed by atoms with Gasteiger partial charge in [0.05, 0.1) is 24.2 Å². The fraction of sp³-hybridized carbons (Fsp3) is 0.364. The Bertz CT molecular complexity index is 1390. The number of carbonyl (C=O) groups is 4. The molecule has 0 heterocycles. The van der Waals surface area contributed by atoms with Gasteiger partial charge in [-0.1, -0.05) is 0 Å². The molecular formula is C22H12F14N2O6. The van der Waals surface area contributed by atoms with Crippen LogP contribution in [0.15, 0.2) is 24.3 Å². The summed E-state index contributed by atoms with van der Waals surface area (Å²) in [7, 11) is 0. The Morgan fingerprint density at radius 3 is 0.977 bits per heavy atom. The largest absolute Gasteiger partial charge is 0.478 e. The van der Waals surface area contributed by atoms with E-state index >= 15 is 0 Å². The molecule has 0 saturated carbocycles. The Labute approximate surface area is 232 Å². The van der Waals surface area contributed by atoms with Crippen LogP contribution in [0.1, 0.15) is 41.4 Å². The number of aromatic carboxylic acids is 2. The van der Waals surface area contributed by atoms with Crippen molar-refractivity contribution in [1.82, 2.24) is 10.6 Å². The third kappa shape index (κ3) is 6.27. The van der Waals surface area contributed by atoms with Gasteiger partial charge in [-0.15, -0.1) is 0 Å². The van der Waals surface area contributed by atoms with Crippen molar-refractivity contribution in [1.29, 1.82) is 0 Å². The maximum absolute atomic E-state index is 13.7. The van der Waals surface area contributed by atoms with Crippen LogP contribution in [-0.2, 0) is 0 Å². The van der Waals surface area contributed by atoms with Crippen LogP contribution in [0.25, 0.3) is 10.8 Å². The first kappa shape index (κ1) is 35.8. The minimum absolute atomic E-state index is 0.243. The molecule has 0 atom stereocenters. The van der Waals surface area contributed by atoms with Gasteiger partial charge in [0.25, 0.3) is 11.8 Å². The molecule has 0 spiro atoms. The monoisotopic (exact) mass is 666 g/mol. The van der Waals surface area contributed by atoms with Crippen LogP contribution in [0.2, 0.25) is 0 Å². The molecule has 2 aromatic rings. The summed E-state index contributed by atoms with van der Waals surface area (Å²) in [5.74, 6) is -33.8. The van der Waals surface area contributed by atoms with Gasteiger partial charge < -0.3 is 20.8 Å². The summed E-state index contributed by atoms with van der Waals surface area (Å²) in [6.45, 7) is -5.52. The molecule has 0 unspecified atom stereocenters. The Morgan fingerprint density at radius 1 is 0.500 bits per heavy atom. The first-order chi connectivity index (χ1) is 19.6. The smallest absolute Gasteiger partial charge is 0.459 e. The van der Waals surface area contributed by atoms with E-state index in [1.165, 1.54) is 0 Å². The number of amides is 2. The second-order valence-electron chi connectivity index (χ2n) is 8.60. The SMILES string of the molecule is O=C(O)c1ccc(C(=O)O)c2c(C(=O)NCC(F)(F)C(F)(F)C(F)(F)F)ccc(C(=O)NCC(F)(F)C(F)(F)C(F)(F)F)c12. The van der Waals surface area contributed by atoms with Crippen LogP contribution >= 0.6 is 0 Å². The molecule has 2 aromatic carbocycles. The molecule has 0 aromatic heterocycles. The van der Waals surface area contributed by atoms with E-state index < -0.39 is 106 Å². The maximum Gasteiger partial charge on any atom is 0.459 e. The third-order valence-corrected chi connectivity index (χ3v) is 5.68.